The van der Waals surface area contributed by atoms with Crippen LogP contribution in [0.3, 0.4) is 0 Å². The summed E-state index contributed by atoms with van der Waals surface area (Å²) in [4.78, 5) is 2.23. The Hall–Kier alpha value is 0.790. The van der Waals surface area contributed by atoms with Gasteiger partial charge in [-0.25, -0.2) is 0 Å². The van der Waals surface area contributed by atoms with Crippen molar-refractivity contribution < 1.29 is 2.85 Å². The number of nitrogens with zero attached hydrogens (tertiary/aromatic N) is 1. The van der Waals surface area contributed by atoms with E-state index in [1.807, 2.05) is 0 Å². The molecule has 0 saturated carbocycles. The summed E-state index contributed by atoms with van der Waals surface area (Å²) in [6.45, 7) is 10.1. The van der Waals surface area contributed by atoms with Gasteiger partial charge in [-0.1, -0.05) is 0 Å². The monoisotopic (exact) mass is 303 g/mol. The van der Waals surface area contributed by atoms with Gasteiger partial charge in [0.05, 0.1) is 0 Å². The molecule has 2 nitrogen and oxygen atoms in total. The summed E-state index contributed by atoms with van der Waals surface area (Å²) in [5, 5.41) is 0. The van der Waals surface area contributed by atoms with Gasteiger partial charge in [0, 0.05) is 0 Å². The van der Waals surface area contributed by atoms with Crippen molar-refractivity contribution in [3.8, 4) is 0 Å². The van der Waals surface area contributed by atoms with Crippen molar-refractivity contribution in [2.75, 3.05) is 20.6 Å². The van der Waals surface area contributed by atoms with Gasteiger partial charge in [-0.3, -0.25) is 0 Å². The Balaban J connectivity index is 4.26. The summed E-state index contributed by atoms with van der Waals surface area (Å²) in [6.07, 6.45) is 0.406. The molecule has 1 unspecified atom stereocenters. The molecule has 0 aliphatic carbocycles. The van der Waals surface area contributed by atoms with Crippen LogP contribution in [0.25, 0.3) is 0 Å². The molecule has 0 bridgehead atoms. The van der Waals surface area contributed by atoms with Gasteiger partial charge >= 0.3 is 98.3 Å². The predicted molar refractivity (Wildman–Crippen MR) is 65.0 cm³/mol. The summed E-state index contributed by atoms with van der Waals surface area (Å²) in [5.41, 5.74) is 0.268. The molecule has 0 amide bonds. The quantitative estimate of drug-likeness (QED) is 0.774. The molecule has 84 valence electrons. The maximum atomic E-state index is 6.24. The molecule has 0 radical (unpaired) electrons. The van der Waals surface area contributed by atoms with E-state index < -0.39 is 21.9 Å². The fraction of sp³-hybridized carbons (Fsp3) is 1.00. The molecule has 0 aliphatic heterocycles. The Labute approximate surface area is 98.1 Å². The molecule has 0 aromatic rings. The van der Waals surface area contributed by atoms with Crippen LogP contribution in [0.2, 0.25) is 8.86 Å². The zero-order valence-electron chi connectivity index (χ0n) is 10.9. The third-order valence-corrected chi connectivity index (χ3v) is 8.01. The van der Waals surface area contributed by atoms with E-state index in [0.29, 0.717) is 6.10 Å². The maximum absolute atomic E-state index is 6.24. The van der Waals surface area contributed by atoms with E-state index in [9.17, 15) is 0 Å². The van der Waals surface area contributed by atoms with Crippen LogP contribution in [0.15, 0.2) is 0 Å². The standard InChI is InChI=1S/C8H18NO.C2H5.CH3.In/c1-8(2,3)7(10)6-9(4)5;1-2;;/h7H,6H2,1-5H3;1H2,2H3;1H3;/q-1;;;+1. The molecular weight excluding hydrogens is 277 g/mol. The number of likely N-dealkylation sites (N-methyl/N-ethyl adjacent to an activating group) is 1. The number of hydrogen-bond donors (Lipinski definition) is 0. The van der Waals surface area contributed by atoms with E-state index in [1.54, 1.807) is 0 Å². The summed E-state index contributed by atoms with van der Waals surface area (Å²) in [5.74, 6) is 0. The second kappa shape index (κ2) is 6.39. The Kier molecular flexibility index (Phi) is 6.75. The molecule has 0 aromatic carbocycles. The minimum atomic E-state index is -1.58. The summed E-state index contributed by atoms with van der Waals surface area (Å²) in [7, 11) is 4.24. The van der Waals surface area contributed by atoms with Gasteiger partial charge in [-0.15, -0.1) is 0 Å². The van der Waals surface area contributed by atoms with Gasteiger partial charge in [0.1, 0.15) is 0 Å². The molecular formula is C11H26InNO. The molecule has 0 spiro atoms. The topological polar surface area (TPSA) is 12.5 Å². The Morgan fingerprint density at radius 1 is 1.29 bits per heavy atom. The number of hydrogen-bond acceptors (Lipinski definition) is 2. The van der Waals surface area contributed by atoms with E-state index in [2.05, 4.69) is 51.4 Å². The fourth-order valence-electron chi connectivity index (χ4n) is 1.23. The molecule has 0 heterocycles. The Bertz CT molecular complexity index is 154. The average molecular weight is 303 g/mol. The molecule has 0 rings (SSSR count). The summed E-state index contributed by atoms with van der Waals surface area (Å²) >= 11 is -1.58. The first kappa shape index (κ1) is 14.8. The van der Waals surface area contributed by atoms with Crippen molar-refractivity contribution in [2.24, 2.45) is 5.41 Å². The minimum absolute atomic E-state index is 0.268. The van der Waals surface area contributed by atoms with Crippen LogP contribution in [-0.4, -0.2) is 53.5 Å². The van der Waals surface area contributed by atoms with E-state index >= 15 is 0 Å². The van der Waals surface area contributed by atoms with Gasteiger partial charge in [-0.2, -0.15) is 0 Å². The van der Waals surface area contributed by atoms with Crippen LogP contribution in [0.5, 0.6) is 0 Å². The van der Waals surface area contributed by atoms with Crippen molar-refractivity contribution >= 4 is 21.9 Å². The van der Waals surface area contributed by atoms with Crippen molar-refractivity contribution in [1.29, 1.82) is 0 Å². The Morgan fingerprint density at radius 2 is 1.79 bits per heavy atom. The van der Waals surface area contributed by atoms with E-state index in [1.165, 1.54) is 4.18 Å². The molecule has 1 atom stereocenters. The molecule has 0 aliphatic rings. The van der Waals surface area contributed by atoms with E-state index in [0.717, 1.165) is 6.54 Å². The van der Waals surface area contributed by atoms with E-state index in [4.69, 9.17) is 2.85 Å². The van der Waals surface area contributed by atoms with Gasteiger partial charge in [0.15, 0.2) is 0 Å². The Morgan fingerprint density at radius 3 is 2.07 bits per heavy atom. The first-order valence-electron chi connectivity index (χ1n) is 5.57. The molecule has 0 N–H and O–H groups in total. The summed E-state index contributed by atoms with van der Waals surface area (Å²) < 4.78 is 9.89. The van der Waals surface area contributed by atoms with Crippen LogP contribution in [0.1, 0.15) is 27.7 Å². The van der Waals surface area contributed by atoms with Crippen LogP contribution in [-0.2, 0) is 2.85 Å². The van der Waals surface area contributed by atoms with Gasteiger partial charge in [0.2, 0.25) is 0 Å². The zero-order chi connectivity index (χ0) is 11.4. The van der Waals surface area contributed by atoms with Crippen LogP contribution >= 0.6 is 0 Å². The third kappa shape index (κ3) is 6.31. The van der Waals surface area contributed by atoms with E-state index in [-0.39, 0.29) is 5.41 Å². The molecule has 14 heavy (non-hydrogen) atoms. The second-order valence-corrected chi connectivity index (χ2v) is 13.2. The predicted octanol–water partition coefficient (Wildman–Crippen LogP) is 2.62. The van der Waals surface area contributed by atoms with Crippen LogP contribution < -0.4 is 0 Å². The third-order valence-electron chi connectivity index (χ3n) is 2.47. The van der Waals surface area contributed by atoms with Crippen LogP contribution in [0.4, 0.5) is 0 Å². The van der Waals surface area contributed by atoms with Crippen molar-refractivity contribution in [1.82, 2.24) is 4.90 Å². The van der Waals surface area contributed by atoms with Gasteiger partial charge < -0.3 is 0 Å². The zero-order valence-corrected chi connectivity index (χ0v) is 14.2. The summed E-state index contributed by atoms with van der Waals surface area (Å²) in [6, 6.07) is 0. The first-order chi connectivity index (χ1) is 6.27. The van der Waals surface area contributed by atoms with Crippen molar-refractivity contribution in [3.63, 3.8) is 0 Å². The van der Waals surface area contributed by atoms with Crippen LogP contribution in [0, 0.1) is 5.41 Å². The van der Waals surface area contributed by atoms with Gasteiger partial charge in [-0.05, 0) is 0 Å². The van der Waals surface area contributed by atoms with Crippen molar-refractivity contribution in [2.45, 2.75) is 42.7 Å². The first-order valence-corrected chi connectivity index (χ1v) is 12.5. The second-order valence-electron chi connectivity index (χ2n) is 5.47. The molecule has 0 saturated heterocycles. The van der Waals surface area contributed by atoms with Crippen molar-refractivity contribution in [3.05, 3.63) is 0 Å². The molecule has 0 fully saturated rings. The molecule has 3 heteroatoms. The van der Waals surface area contributed by atoms with Gasteiger partial charge in [0.25, 0.3) is 0 Å². The molecule has 0 aromatic heterocycles. The SMILES string of the molecule is C[CH2][In]([CH3])[O]C(CN(C)C)C(C)(C)C. The number of rotatable bonds is 5. The normalized spacial score (nSPS) is 14.6. The average Bonchev–Trinajstić information content (AvgIpc) is 2.00. The fourth-order valence-corrected chi connectivity index (χ4v) is 4.79.